The third kappa shape index (κ3) is 4.92. The first-order chi connectivity index (χ1) is 9.69. The van der Waals surface area contributed by atoms with Crippen LogP contribution in [0.5, 0.6) is 0 Å². The van der Waals surface area contributed by atoms with Crippen LogP contribution in [0.4, 0.5) is 0 Å². The number of hydrogen-bond donors (Lipinski definition) is 1. The normalized spacial score (nSPS) is 10.8. The minimum Gasteiger partial charge on any atom is -0.313 e. The van der Waals surface area contributed by atoms with Gasteiger partial charge in [0.05, 0.1) is 0 Å². The Labute approximate surface area is 141 Å². The number of halogens is 2. The molecule has 0 aliphatic carbocycles. The van der Waals surface area contributed by atoms with E-state index in [1.54, 1.807) is 11.8 Å². The Kier molecular flexibility index (Phi) is 6.62. The lowest BCUT2D eigenvalue weighted by atomic mass is 10.2. The first kappa shape index (κ1) is 16.1. The van der Waals surface area contributed by atoms with E-state index >= 15 is 0 Å². The van der Waals surface area contributed by atoms with Crippen LogP contribution in [-0.2, 0) is 6.54 Å². The van der Waals surface area contributed by atoms with Crippen molar-refractivity contribution in [1.82, 2.24) is 5.32 Å². The third-order valence-corrected chi connectivity index (χ3v) is 5.01. The van der Waals surface area contributed by atoms with Crippen LogP contribution in [0.15, 0.2) is 61.2 Å². The average Bonchev–Trinajstić information content (AvgIpc) is 2.41. The summed E-state index contributed by atoms with van der Waals surface area (Å²) in [6.45, 7) is 4.15. The van der Waals surface area contributed by atoms with E-state index in [0.29, 0.717) is 0 Å². The zero-order chi connectivity index (χ0) is 14.4. The molecule has 20 heavy (non-hydrogen) atoms. The quantitative estimate of drug-likeness (QED) is 0.593. The summed E-state index contributed by atoms with van der Waals surface area (Å²) >= 11 is 8.94. The van der Waals surface area contributed by atoms with Gasteiger partial charge in [-0.25, -0.2) is 0 Å². The lowest BCUT2D eigenvalue weighted by Gasteiger charge is -2.08. The molecule has 1 nitrogen and oxygen atoms in total. The van der Waals surface area contributed by atoms with Crippen molar-refractivity contribution in [3.8, 4) is 0 Å². The Bertz CT molecular complexity index is 572. The van der Waals surface area contributed by atoms with E-state index in [0.717, 1.165) is 24.0 Å². The van der Waals surface area contributed by atoms with Gasteiger partial charge in [-0.05, 0) is 48.9 Å². The van der Waals surface area contributed by atoms with Crippen LogP contribution < -0.4 is 5.32 Å². The molecule has 0 aliphatic heterocycles. The summed E-state index contributed by atoms with van der Waals surface area (Å²) in [5, 5.41) is 3.43. The largest absolute Gasteiger partial charge is 0.313 e. The van der Waals surface area contributed by atoms with E-state index in [4.69, 9.17) is 0 Å². The van der Waals surface area contributed by atoms with Crippen LogP contribution in [0.1, 0.15) is 18.9 Å². The van der Waals surface area contributed by atoms with Gasteiger partial charge in [-0.15, -0.1) is 0 Å². The first-order valence-corrected chi connectivity index (χ1v) is 9.02. The lowest BCUT2D eigenvalue weighted by molar-refractivity contribution is 0.673. The van der Waals surface area contributed by atoms with Crippen molar-refractivity contribution >= 4 is 43.6 Å². The topological polar surface area (TPSA) is 12.0 Å². The maximum Gasteiger partial charge on any atom is 0.0231 e. The van der Waals surface area contributed by atoms with Gasteiger partial charge in [0, 0.05) is 25.3 Å². The Balaban J connectivity index is 2.05. The summed E-state index contributed by atoms with van der Waals surface area (Å²) in [7, 11) is 0. The van der Waals surface area contributed by atoms with E-state index < -0.39 is 0 Å². The Hall–Kier alpha value is -0.290. The molecular weight excluding hydrogens is 398 g/mol. The predicted octanol–water partition coefficient (Wildman–Crippen LogP) is 5.86. The molecular formula is C16H17Br2NS. The summed E-state index contributed by atoms with van der Waals surface area (Å²) in [5.74, 6) is 0. The molecule has 0 fully saturated rings. The molecule has 0 unspecified atom stereocenters. The fraction of sp³-hybridized carbons (Fsp3) is 0.250. The first-order valence-electron chi connectivity index (χ1n) is 6.61. The molecule has 0 aromatic heterocycles. The lowest BCUT2D eigenvalue weighted by Crippen LogP contribution is -2.14. The molecule has 106 valence electrons. The third-order valence-electron chi connectivity index (χ3n) is 2.80. The van der Waals surface area contributed by atoms with Gasteiger partial charge in [0.15, 0.2) is 0 Å². The van der Waals surface area contributed by atoms with Gasteiger partial charge in [0.2, 0.25) is 0 Å². The minimum absolute atomic E-state index is 0.913. The maximum absolute atomic E-state index is 3.66. The summed E-state index contributed by atoms with van der Waals surface area (Å²) in [4.78, 5) is 2.48. The fourth-order valence-corrected chi connectivity index (χ4v) is 3.94. The summed E-state index contributed by atoms with van der Waals surface area (Å²) < 4.78 is 2.28. The van der Waals surface area contributed by atoms with Crippen LogP contribution in [0, 0.1) is 0 Å². The van der Waals surface area contributed by atoms with Crippen molar-refractivity contribution in [2.24, 2.45) is 0 Å². The van der Waals surface area contributed by atoms with Crippen molar-refractivity contribution in [3.05, 3.63) is 57.0 Å². The molecule has 0 heterocycles. The predicted molar refractivity (Wildman–Crippen MR) is 94.4 cm³/mol. The number of nitrogens with one attached hydrogen (secondary N) is 1. The van der Waals surface area contributed by atoms with Crippen LogP contribution >= 0.6 is 43.6 Å². The Morgan fingerprint density at radius 3 is 2.55 bits per heavy atom. The van der Waals surface area contributed by atoms with Crippen molar-refractivity contribution in [1.29, 1.82) is 0 Å². The smallest absolute Gasteiger partial charge is 0.0231 e. The summed E-state index contributed by atoms with van der Waals surface area (Å²) in [5.41, 5.74) is 1.30. The molecule has 0 spiro atoms. The molecule has 4 heteroatoms. The Morgan fingerprint density at radius 2 is 1.85 bits per heavy atom. The number of rotatable bonds is 6. The molecule has 2 aromatic carbocycles. The SMILES string of the molecule is CCCNCc1ccc(Sc2cccc(Br)c2)cc1Br. The zero-order valence-electron chi connectivity index (χ0n) is 11.3. The zero-order valence-corrected chi connectivity index (χ0v) is 15.3. The molecule has 0 bridgehead atoms. The van der Waals surface area contributed by atoms with Crippen LogP contribution in [0.25, 0.3) is 0 Å². The van der Waals surface area contributed by atoms with Crippen molar-refractivity contribution in [2.75, 3.05) is 6.54 Å². The molecule has 0 aliphatic rings. The molecule has 0 radical (unpaired) electrons. The molecule has 2 aromatic rings. The monoisotopic (exact) mass is 413 g/mol. The molecule has 0 atom stereocenters. The van der Waals surface area contributed by atoms with Crippen molar-refractivity contribution in [3.63, 3.8) is 0 Å². The Morgan fingerprint density at radius 1 is 1.05 bits per heavy atom. The second-order valence-electron chi connectivity index (χ2n) is 4.49. The average molecular weight is 415 g/mol. The molecule has 0 saturated heterocycles. The van der Waals surface area contributed by atoms with Crippen LogP contribution in [-0.4, -0.2) is 6.54 Å². The van der Waals surface area contributed by atoms with E-state index in [-0.39, 0.29) is 0 Å². The van der Waals surface area contributed by atoms with Gasteiger partial charge in [0.1, 0.15) is 0 Å². The highest BCUT2D eigenvalue weighted by molar-refractivity contribution is 9.10. The highest BCUT2D eigenvalue weighted by Crippen LogP contribution is 2.32. The second kappa shape index (κ2) is 8.23. The van der Waals surface area contributed by atoms with Gasteiger partial charge >= 0.3 is 0 Å². The van der Waals surface area contributed by atoms with Gasteiger partial charge in [-0.1, -0.05) is 62.7 Å². The van der Waals surface area contributed by atoms with Crippen LogP contribution in [0.3, 0.4) is 0 Å². The van der Waals surface area contributed by atoms with Gasteiger partial charge in [0.25, 0.3) is 0 Å². The van der Waals surface area contributed by atoms with E-state index in [2.05, 4.69) is 80.5 Å². The number of benzene rings is 2. The van der Waals surface area contributed by atoms with Gasteiger partial charge in [-0.3, -0.25) is 0 Å². The molecule has 0 amide bonds. The fourth-order valence-electron chi connectivity index (χ4n) is 1.80. The van der Waals surface area contributed by atoms with Crippen molar-refractivity contribution < 1.29 is 0 Å². The second-order valence-corrected chi connectivity index (χ2v) is 7.41. The highest BCUT2D eigenvalue weighted by Gasteiger charge is 2.03. The van der Waals surface area contributed by atoms with Crippen LogP contribution in [0.2, 0.25) is 0 Å². The maximum atomic E-state index is 3.66. The number of hydrogen-bond acceptors (Lipinski definition) is 2. The van der Waals surface area contributed by atoms with E-state index in [1.807, 2.05) is 6.07 Å². The standard InChI is InChI=1S/C16H17Br2NS/c1-2-8-19-11-12-6-7-15(10-16(12)18)20-14-5-3-4-13(17)9-14/h3-7,9-10,19H,2,8,11H2,1H3. The van der Waals surface area contributed by atoms with Gasteiger partial charge in [-0.2, -0.15) is 0 Å². The van der Waals surface area contributed by atoms with E-state index in [9.17, 15) is 0 Å². The molecule has 1 N–H and O–H groups in total. The highest BCUT2D eigenvalue weighted by atomic mass is 79.9. The van der Waals surface area contributed by atoms with Gasteiger partial charge < -0.3 is 5.32 Å². The molecule has 2 rings (SSSR count). The van der Waals surface area contributed by atoms with E-state index in [1.165, 1.54) is 19.8 Å². The molecule has 0 saturated carbocycles. The summed E-state index contributed by atoms with van der Waals surface area (Å²) in [6, 6.07) is 14.9. The minimum atomic E-state index is 0.913. The summed E-state index contributed by atoms with van der Waals surface area (Å²) in [6.07, 6.45) is 1.16. The van der Waals surface area contributed by atoms with Crippen molar-refractivity contribution in [2.45, 2.75) is 29.7 Å².